The Hall–Kier alpha value is -1.49. The Bertz CT molecular complexity index is 453. The minimum Gasteiger partial charge on any atom is -0.391 e. The second kappa shape index (κ2) is 5.02. The Kier molecular flexibility index (Phi) is 3.61. The van der Waals surface area contributed by atoms with Crippen molar-refractivity contribution in [2.75, 3.05) is 18.0 Å². The highest BCUT2D eigenvalue weighted by Gasteiger charge is 2.22. The molecule has 0 radical (unpaired) electrons. The van der Waals surface area contributed by atoms with Crippen molar-refractivity contribution in [3.63, 3.8) is 0 Å². The van der Waals surface area contributed by atoms with Crippen molar-refractivity contribution < 1.29 is 18.7 Å². The number of benzene rings is 1. The normalized spacial score (nSPS) is 19.3. The van der Waals surface area contributed by atoms with Crippen LogP contribution in [0.2, 0.25) is 0 Å². The monoisotopic (exact) mass is 255 g/mol. The van der Waals surface area contributed by atoms with E-state index in [9.17, 15) is 18.7 Å². The summed E-state index contributed by atoms with van der Waals surface area (Å²) in [5.41, 5.74) is 0.222. The number of nitrogens with zero attached hydrogens (tertiary/aromatic N) is 1. The lowest BCUT2D eigenvalue weighted by Gasteiger charge is -2.19. The zero-order chi connectivity index (χ0) is 13.3. The second-order valence-corrected chi connectivity index (χ2v) is 4.66. The van der Waals surface area contributed by atoms with E-state index in [-0.39, 0.29) is 17.8 Å². The molecule has 1 heterocycles. The van der Waals surface area contributed by atoms with Crippen molar-refractivity contribution in [2.45, 2.75) is 25.9 Å². The maximum Gasteiger partial charge on any atom is 0.134 e. The van der Waals surface area contributed by atoms with Gasteiger partial charge in [-0.25, -0.2) is 8.78 Å². The van der Waals surface area contributed by atoms with Crippen molar-refractivity contribution in [1.29, 1.82) is 0 Å². The number of aliphatic hydroxyl groups is 1. The Morgan fingerprint density at radius 3 is 2.50 bits per heavy atom. The zero-order valence-electron chi connectivity index (χ0n) is 10.1. The fourth-order valence-electron chi connectivity index (χ4n) is 2.17. The minimum absolute atomic E-state index is 0.189. The number of anilines is 1. The molecule has 98 valence electrons. The number of rotatable bonds is 3. The molecule has 0 saturated carbocycles. The van der Waals surface area contributed by atoms with Gasteiger partial charge in [-0.1, -0.05) is 0 Å². The molecule has 1 aliphatic rings. The third-order valence-electron chi connectivity index (χ3n) is 3.08. The van der Waals surface area contributed by atoms with Crippen LogP contribution >= 0.6 is 0 Å². The number of carbonyl (C=O) groups is 1. The number of hydrogen-bond acceptors (Lipinski definition) is 3. The Morgan fingerprint density at radius 2 is 2.06 bits per heavy atom. The van der Waals surface area contributed by atoms with Gasteiger partial charge >= 0.3 is 0 Å². The van der Waals surface area contributed by atoms with Crippen molar-refractivity contribution in [3.05, 3.63) is 29.3 Å². The highest BCUT2D eigenvalue weighted by molar-refractivity contribution is 5.78. The average molecular weight is 255 g/mol. The number of aliphatic hydroxyl groups excluding tert-OH is 1. The van der Waals surface area contributed by atoms with Gasteiger partial charge in [0.25, 0.3) is 0 Å². The van der Waals surface area contributed by atoms with Gasteiger partial charge in [-0.05, 0) is 25.5 Å². The SMILES string of the molecule is CC(=O)Cc1c(F)cc(N2CC[C@H](O)C2)cc1F. The number of ketones is 1. The summed E-state index contributed by atoms with van der Waals surface area (Å²) in [6, 6.07) is 2.44. The quantitative estimate of drug-likeness (QED) is 0.893. The fourth-order valence-corrected chi connectivity index (χ4v) is 2.17. The van der Waals surface area contributed by atoms with Crippen LogP contribution < -0.4 is 4.90 Å². The molecule has 0 bridgehead atoms. The number of hydrogen-bond donors (Lipinski definition) is 1. The third-order valence-corrected chi connectivity index (χ3v) is 3.08. The molecule has 0 unspecified atom stereocenters. The molecule has 0 spiro atoms. The predicted octanol–water partition coefficient (Wildman–Crippen LogP) is 1.67. The highest BCUT2D eigenvalue weighted by Crippen LogP contribution is 2.25. The Morgan fingerprint density at radius 1 is 1.44 bits per heavy atom. The third kappa shape index (κ3) is 2.67. The molecule has 0 aliphatic carbocycles. The molecule has 0 aromatic heterocycles. The summed E-state index contributed by atoms with van der Waals surface area (Å²) < 4.78 is 27.5. The first-order valence-electron chi connectivity index (χ1n) is 5.87. The molecule has 1 atom stereocenters. The molecular weight excluding hydrogens is 240 g/mol. The van der Waals surface area contributed by atoms with Crippen LogP contribution in [0.15, 0.2) is 12.1 Å². The van der Waals surface area contributed by atoms with Crippen LogP contribution in [0.3, 0.4) is 0 Å². The predicted molar refractivity (Wildman–Crippen MR) is 63.6 cm³/mol. The van der Waals surface area contributed by atoms with Gasteiger partial charge in [0.15, 0.2) is 0 Å². The van der Waals surface area contributed by atoms with Crippen LogP contribution in [-0.2, 0) is 11.2 Å². The minimum atomic E-state index is -0.707. The van der Waals surface area contributed by atoms with E-state index in [4.69, 9.17) is 0 Å². The largest absolute Gasteiger partial charge is 0.391 e. The van der Waals surface area contributed by atoms with Gasteiger partial charge in [-0.3, -0.25) is 4.79 Å². The molecule has 3 nitrogen and oxygen atoms in total. The van der Waals surface area contributed by atoms with Crippen molar-refractivity contribution in [2.24, 2.45) is 0 Å². The second-order valence-electron chi connectivity index (χ2n) is 4.66. The molecule has 1 fully saturated rings. The first-order valence-corrected chi connectivity index (χ1v) is 5.87. The van der Waals surface area contributed by atoms with E-state index in [0.717, 1.165) is 0 Å². The molecule has 0 amide bonds. The fraction of sp³-hybridized carbons (Fsp3) is 0.462. The first-order chi connectivity index (χ1) is 8.47. The maximum absolute atomic E-state index is 13.7. The molecule has 2 rings (SSSR count). The summed E-state index contributed by atoms with van der Waals surface area (Å²) in [6.07, 6.45) is -0.0908. The molecule has 1 saturated heterocycles. The lowest BCUT2D eigenvalue weighted by Crippen LogP contribution is -2.21. The average Bonchev–Trinajstić information content (AvgIpc) is 2.70. The number of carbonyl (C=O) groups excluding carboxylic acids is 1. The lowest BCUT2D eigenvalue weighted by atomic mass is 10.1. The lowest BCUT2D eigenvalue weighted by molar-refractivity contribution is -0.116. The molecule has 1 N–H and O–H groups in total. The van der Waals surface area contributed by atoms with Crippen molar-refractivity contribution in [1.82, 2.24) is 0 Å². The number of β-amino-alcohol motifs (C(OH)–C–C–N with tert-alkyl or cyclic N) is 1. The van der Waals surface area contributed by atoms with Gasteiger partial charge < -0.3 is 10.0 Å². The molecule has 1 aromatic carbocycles. The van der Waals surface area contributed by atoms with Gasteiger partial charge in [-0.2, -0.15) is 0 Å². The van der Waals surface area contributed by atoms with Gasteiger partial charge in [0.05, 0.1) is 6.10 Å². The van der Waals surface area contributed by atoms with Gasteiger partial charge in [0.2, 0.25) is 0 Å². The highest BCUT2D eigenvalue weighted by atomic mass is 19.1. The van der Waals surface area contributed by atoms with E-state index >= 15 is 0 Å². The van der Waals surface area contributed by atoms with Gasteiger partial charge in [0.1, 0.15) is 17.4 Å². The molecular formula is C13H15F2NO2. The van der Waals surface area contributed by atoms with Crippen molar-refractivity contribution >= 4 is 11.5 Å². The summed E-state index contributed by atoms with van der Waals surface area (Å²) in [4.78, 5) is 12.7. The smallest absolute Gasteiger partial charge is 0.134 e. The number of Topliss-reactive ketones (excluding diaryl/α,β-unsaturated/α-hetero) is 1. The maximum atomic E-state index is 13.7. The van der Waals surface area contributed by atoms with Crippen LogP contribution in [0.1, 0.15) is 18.9 Å². The topological polar surface area (TPSA) is 40.5 Å². The van der Waals surface area contributed by atoms with Crippen LogP contribution in [0.5, 0.6) is 0 Å². The van der Waals surface area contributed by atoms with Crippen LogP contribution in [0.25, 0.3) is 0 Å². The Balaban J connectivity index is 2.27. The Labute approximate surface area is 104 Å². The van der Waals surface area contributed by atoms with E-state index in [1.807, 2.05) is 0 Å². The summed E-state index contributed by atoms with van der Waals surface area (Å²) in [5.74, 6) is -1.69. The van der Waals surface area contributed by atoms with E-state index < -0.39 is 17.7 Å². The van der Waals surface area contributed by atoms with Crippen LogP contribution in [-0.4, -0.2) is 30.1 Å². The van der Waals surface area contributed by atoms with Gasteiger partial charge in [0, 0.05) is 30.8 Å². The van der Waals surface area contributed by atoms with E-state index in [0.29, 0.717) is 25.2 Å². The van der Waals surface area contributed by atoms with E-state index in [1.165, 1.54) is 19.1 Å². The van der Waals surface area contributed by atoms with Crippen LogP contribution in [0.4, 0.5) is 14.5 Å². The van der Waals surface area contributed by atoms with E-state index in [2.05, 4.69) is 0 Å². The summed E-state index contributed by atoms with van der Waals surface area (Å²) in [5, 5.41) is 9.40. The standard InChI is InChI=1S/C13H15F2NO2/c1-8(17)4-11-12(14)5-9(6-13(11)15)16-3-2-10(18)7-16/h5-6,10,18H,2-4,7H2,1H3/t10-/m0/s1. The van der Waals surface area contributed by atoms with Crippen molar-refractivity contribution in [3.8, 4) is 0 Å². The molecule has 18 heavy (non-hydrogen) atoms. The number of halogens is 2. The summed E-state index contributed by atoms with van der Waals surface area (Å²) >= 11 is 0. The molecule has 1 aliphatic heterocycles. The summed E-state index contributed by atoms with van der Waals surface area (Å²) in [7, 11) is 0. The van der Waals surface area contributed by atoms with Gasteiger partial charge in [-0.15, -0.1) is 0 Å². The molecule has 1 aromatic rings. The van der Waals surface area contributed by atoms with Crippen LogP contribution in [0, 0.1) is 11.6 Å². The summed E-state index contributed by atoms with van der Waals surface area (Å²) in [6.45, 7) is 2.25. The first kappa shape index (κ1) is 13.0. The van der Waals surface area contributed by atoms with E-state index in [1.54, 1.807) is 4.90 Å². The molecule has 5 heteroatoms. The zero-order valence-corrected chi connectivity index (χ0v) is 10.1.